The third-order valence-electron chi connectivity index (χ3n) is 1.69. The molecule has 0 aliphatic carbocycles. The average molecular weight is 249 g/mol. The Hall–Kier alpha value is -0.930. The fourth-order valence-electron chi connectivity index (χ4n) is 0.994. The highest BCUT2D eigenvalue weighted by Crippen LogP contribution is 2.31. The van der Waals surface area contributed by atoms with Crippen molar-refractivity contribution in [2.24, 2.45) is 0 Å². The number of phenols is 1. The van der Waals surface area contributed by atoms with Crippen molar-refractivity contribution in [2.75, 3.05) is 6.61 Å². The number of ether oxygens (including phenoxy) is 1. The number of halogens is 2. The molecule has 0 fully saturated rings. The zero-order valence-corrected chi connectivity index (χ0v) is 9.60. The summed E-state index contributed by atoms with van der Waals surface area (Å²) in [6, 6.07) is 2.68. The number of hydrogen-bond acceptors (Lipinski definition) is 3. The van der Waals surface area contributed by atoms with Crippen LogP contribution in [-0.4, -0.2) is 17.7 Å². The SMILES string of the molecule is CCCOC(=O)c1cc(Cl)cc(Cl)c1O. The van der Waals surface area contributed by atoms with Crippen LogP contribution in [0.15, 0.2) is 12.1 Å². The smallest absolute Gasteiger partial charge is 0.342 e. The van der Waals surface area contributed by atoms with Gasteiger partial charge in [0.2, 0.25) is 0 Å². The van der Waals surface area contributed by atoms with Gasteiger partial charge in [-0.25, -0.2) is 4.79 Å². The molecule has 15 heavy (non-hydrogen) atoms. The van der Waals surface area contributed by atoms with Crippen LogP contribution < -0.4 is 0 Å². The Morgan fingerprint density at radius 2 is 2.13 bits per heavy atom. The Bertz CT molecular complexity index is 377. The van der Waals surface area contributed by atoms with Crippen molar-refractivity contribution in [3.05, 3.63) is 27.7 Å². The zero-order chi connectivity index (χ0) is 11.4. The molecule has 0 aliphatic heterocycles. The second-order valence-electron chi connectivity index (χ2n) is 2.92. The maximum absolute atomic E-state index is 11.4. The lowest BCUT2D eigenvalue weighted by Crippen LogP contribution is -2.06. The molecule has 0 aliphatic rings. The highest BCUT2D eigenvalue weighted by molar-refractivity contribution is 6.36. The van der Waals surface area contributed by atoms with Crippen LogP contribution in [0.1, 0.15) is 23.7 Å². The minimum atomic E-state index is -0.626. The van der Waals surface area contributed by atoms with Crippen LogP contribution in [0.3, 0.4) is 0 Å². The van der Waals surface area contributed by atoms with Crippen LogP contribution in [0.25, 0.3) is 0 Å². The second kappa shape index (κ2) is 5.24. The number of aromatic hydroxyl groups is 1. The lowest BCUT2D eigenvalue weighted by atomic mass is 10.2. The standard InChI is InChI=1S/C10H10Cl2O3/c1-2-3-15-10(14)7-4-6(11)5-8(12)9(7)13/h4-5,13H,2-3H2,1H3. The number of esters is 1. The molecule has 5 heteroatoms. The third-order valence-corrected chi connectivity index (χ3v) is 2.19. The monoisotopic (exact) mass is 248 g/mol. The molecule has 1 N–H and O–H groups in total. The van der Waals surface area contributed by atoms with E-state index in [4.69, 9.17) is 27.9 Å². The highest BCUT2D eigenvalue weighted by Gasteiger charge is 2.16. The topological polar surface area (TPSA) is 46.5 Å². The Kier molecular flexibility index (Phi) is 4.24. The summed E-state index contributed by atoms with van der Waals surface area (Å²) in [5, 5.41) is 9.81. The Morgan fingerprint density at radius 3 is 2.73 bits per heavy atom. The molecule has 0 heterocycles. The van der Waals surface area contributed by atoms with Gasteiger partial charge in [0, 0.05) is 5.02 Å². The minimum absolute atomic E-state index is 0.0130. The maximum atomic E-state index is 11.4. The molecule has 0 aromatic heterocycles. The Morgan fingerprint density at radius 1 is 1.47 bits per heavy atom. The molecule has 82 valence electrons. The fourth-order valence-corrected chi connectivity index (χ4v) is 1.49. The van der Waals surface area contributed by atoms with Crippen molar-refractivity contribution >= 4 is 29.2 Å². The van der Waals surface area contributed by atoms with Gasteiger partial charge in [-0.1, -0.05) is 30.1 Å². The number of carbonyl (C=O) groups excluding carboxylic acids is 1. The van der Waals surface area contributed by atoms with Crippen LogP contribution in [0.2, 0.25) is 10.0 Å². The normalized spacial score (nSPS) is 10.1. The first kappa shape index (κ1) is 12.1. The summed E-state index contributed by atoms with van der Waals surface area (Å²) in [5.74, 6) is -0.930. The molecule has 0 unspecified atom stereocenters. The van der Waals surface area contributed by atoms with E-state index in [1.807, 2.05) is 6.92 Å². The summed E-state index contributed by atoms with van der Waals surface area (Å²) in [4.78, 5) is 11.4. The van der Waals surface area contributed by atoms with Gasteiger partial charge < -0.3 is 9.84 Å². The van der Waals surface area contributed by atoms with E-state index in [0.29, 0.717) is 13.0 Å². The number of carbonyl (C=O) groups is 1. The van der Waals surface area contributed by atoms with Gasteiger partial charge in [-0.15, -0.1) is 0 Å². The Balaban J connectivity index is 2.98. The molecule has 1 rings (SSSR count). The van der Waals surface area contributed by atoms with Gasteiger partial charge in [0.1, 0.15) is 11.3 Å². The Labute approximate surface area is 97.6 Å². The summed E-state index contributed by atoms with van der Waals surface area (Å²) in [7, 11) is 0. The molecule has 3 nitrogen and oxygen atoms in total. The molecular formula is C10H10Cl2O3. The van der Waals surface area contributed by atoms with Crippen molar-refractivity contribution in [3.63, 3.8) is 0 Å². The molecule has 0 radical (unpaired) electrons. The van der Waals surface area contributed by atoms with E-state index < -0.39 is 5.97 Å². The van der Waals surface area contributed by atoms with Crippen molar-refractivity contribution in [2.45, 2.75) is 13.3 Å². The van der Waals surface area contributed by atoms with Crippen molar-refractivity contribution < 1.29 is 14.6 Å². The van der Waals surface area contributed by atoms with Gasteiger partial charge in [0.25, 0.3) is 0 Å². The molecule has 0 spiro atoms. The van der Waals surface area contributed by atoms with Crippen molar-refractivity contribution in [1.82, 2.24) is 0 Å². The quantitative estimate of drug-likeness (QED) is 0.836. The molecule has 0 atom stereocenters. The zero-order valence-electron chi connectivity index (χ0n) is 8.09. The van der Waals surface area contributed by atoms with Gasteiger partial charge in [-0.3, -0.25) is 0 Å². The van der Waals surface area contributed by atoms with Gasteiger partial charge >= 0.3 is 5.97 Å². The van der Waals surface area contributed by atoms with E-state index in [2.05, 4.69) is 0 Å². The first-order chi connectivity index (χ1) is 7.06. The predicted molar refractivity (Wildman–Crippen MR) is 58.7 cm³/mol. The van der Waals surface area contributed by atoms with E-state index in [0.717, 1.165) is 0 Å². The van der Waals surface area contributed by atoms with E-state index in [9.17, 15) is 9.90 Å². The predicted octanol–water partition coefficient (Wildman–Crippen LogP) is 3.27. The molecule has 0 saturated heterocycles. The summed E-state index contributed by atoms with van der Waals surface area (Å²) >= 11 is 11.4. The molecule has 0 saturated carbocycles. The number of phenolic OH excluding ortho intramolecular Hbond substituents is 1. The van der Waals surface area contributed by atoms with Gasteiger partial charge in [-0.05, 0) is 18.6 Å². The van der Waals surface area contributed by atoms with Gasteiger partial charge in [0.05, 0.1) is 11.6 Å². The average Bonchev–Trinajstić information content (AvgIpc) is 2.19. The van der Waals surface area contributed by atoms with Gasteiger partial charge in [-0.2, -0.15) is 0 Å². The maximum Gasteiger partial charge on any atom is 0.342 e. The largest absolute Gasteiger partial charge is 0.505 e. The first-order valence-electron chi connectivity index (χ1n) is 4.41. The van der Waals surface area contributed by atoms with Crippen LogP contribution in [0, 0.1) is 0 Å². The van der Waals surface area contributed by atoms with Crippen molar-refractivity contribution in [3.8, 4) is 5.75 Å². The van der Waals surface area contributed by atoms with E-state index in [1.165, 1.54) is 12.1 Å². The summed E-state index contributed by atoms with van der Waals surface area (Å²) in [6.07, 6.45) is 0.709. The lowest BCUT2D eigenvalue weighted by Gasteiger charge is -2.06. The fraction of sp³-hybridized carbons (Fsp3) is 0.300. The minimum Gasteiger partial charge on any atom is -0.505 e. The number of hydrogen-bond donors (Lipinski definition) is 1. The van der Waals surface area contributed by atoms with E-state index in [1.54, 1.807) is 0 Å². The first-order valence-corrected chi connectivity index (χ1v) is 5.17. The number of rotatable bonds is 3. The van der Waals surface area contributed by atoms with E-state index in [-0.39, 0.29) is 21.4 Å². The molecule has 0 bridgehead atoms. The highest BCUT2D eigenvalue weighted by atomic mass is 35.5. The van der Waals surface area contributed by atoms with Crippen LogP contribution in [0.4, 0.5) is 0 Å². The van der Waals surface area contributed by atoms with Crippen LogP contribution in [0.5, 0.6) is 5.75 Å². The van der Waals surface area contributed by atoms with Crippen LogP contribution >= 0.6 is 23.2 Å². The third kappa shape index (κ3) is 3.01. The van der Waals surface area contributed by atoms with E-state index >= 15 is 0 Å². The molecular weight excluding hydrogens is 239 g/mol. The summed E-state index contributed by atoms with van der Waals surface area (Å²) in [6.45, 7) is 2.17. The molecule has 1 aromatic rings. The van der Waals surface area contributed by atoms with Crippen LogP contribution in [-0.2, 0) is 4.74 Å². The summed E-state index contributed by atoms with van der Waals surface area (Å²) in [5.41, 5.74) is -0.0130. The van der Waals surface area contributed by atoms with Gasteiger partial charge in [0.15, 0.2) is 0 Å². The van der Waals surface area contributed by atoms with Crippen molar-refractivity contribution in [1.29, 1.82) is 0 Å². The molecule has 1 aromatic carbocycles. The molecule has 0 amide bonds. The number of benzene rings is 1. The second-order valence-corrected chi connectivity index (χ2v) is 3.76. The lowest BCUT2D eigenvalue weighted by molar-refractivity contribution is 0.0502. The summed E-state index contributed by atoms with van der Waals surface area (Å²) < 4.78 is 4.85.